The lowest BCUT2D eigenvalue weighted by Gasteiger charge is -2.12. The van der Waals surface area contributed by atoms with Crippen molar-refractivity contribution >= 4 is 5.78 Å². The second-order valence-electron chi connectivity index (χ2n) is 3.81. The first kappa shape index (κ1) is 11.9. The Labute approximate surface area is 89.5 Å². The highest BCUT2D eigenvalue weighted by atomic mass is 19.1. The van der Waals surface area contributed by atoms with Crippen molar-refractivity contribution in [2.75, 3.05) is 7.05 Å². The number of ketones is 1. The molecule has 1 rings (SSSR count). The normalized spacial score (nSPS) is 12.6. The summed E-state index contributed by atoms with van der Waals surface area (Å²) in [5.74, 6) is -0.632. The van der Waals surface area contributed by atoms with E-state index in [2.05, 4.69) is 5.32 Å². The van der Waals surface area contributed by atoms with Crippen molar-refractivity contribution in [3.8, 4) is 0 Å². The van der Waals surface area contributed by atoms with Gasteiger partial charge in [0, 0.05) is 0 Å². The molecule has 1 aromatic carbocycles. The van der Waals surface area contributed by atoms with Crippen LogP contribution in [0.15, 0.2) is 12.1 Å². The third kappa shape index (κ3) is 2.42. The fourth-order valence-electron chi connectivity index (χ4n) is 1.58. The van der Waals surface area contributed by atoms with E-state index in [1.165, 1.54) is 6.07 Å². The Morgan fingerprint density at radius 2 is 2.00 bits per heavy atom. The molecule has 0 heterocycles. The van der Waals surface area contributed by atoms with Gasteiger partial charge >= 0.3 is 0 Å². The van der Waals surface area contributed by atoms with Crippen LogP contribution in [0.1, 0.15) is 28.4 Å². The zero-order valence-corrected chi connectivity index (χ0v) is 9.52. The van der Waals surface area contributed by atoms with E-state index in [4.69, 9.17) is 0 Å². The Morgan fingerprint density at radius 1 is 1.40 bits per heavy atom. The summed E-state index contributed by atoms with van der Waals surface area (Å²) >= 11 is 0. The number of carbonyl (C=O) groups excluding carboxylic acids is 1. The topological polar surface area (TPSA) is 29.1 Å². The van der Waals surface area contributed by atoms with Gasteiger partial charge in [-0.1, -0.05) is 6.07 Å². The summed E-state index contributed by atoms with van der Waals surface area (Å²) in [6, 6.07) is 2.85. The minimum Gasteiger partial charge on any atom is -0.310 e. The molecule has 0 aliphatic rings. The molecule has 82 valence electrons. The van der Waals surface area contributed by atoms with Crippen molar-refractivity contribution < 1.29 is 9.18 Å². The van der Waals surface area contributed by atoms with E-state index in [0.717, 1.165) is 5.56 Å². The maximum absolute atomic E-state index is 13.6. The number of aryl methyl sites for hydroxylation is 2. The summed E-state index contributed by atoms with van der Waals surface area (Å²) < 4.78 is 13.6. The Bertz CT molecular complexity index is 364. The van der Waals surface area contributed by atoms with E-state index in [0.29, 0.717) is 5.56 Å². The van der Waals surface area contributed by atoms with Crippen LogP contribution >= 0.6 is 0 Å². The smallest absolute Gasteiger partial charge is 0.182 e. The lowest BCUT2D eigenvalue weighted by Crippen LogP contribution is -2.31. The molecule has 0 fully saturated rings. The van der Waals surface area contributed by atoms with Crippen LogP contribution in [0, 0.1) is 19.7 Å². The number of benzene rings is 1. The van der Waals surface area contributed by atoms with E-state index in [1.807, 2.05) is 13.0 Å². The fraction of sp³-hybridized carbons (Fsp3) is 0.417. The van der Waals surface area contributed by atoms with Crippen molar-refractivity contribution in [2.24, 2.45) is 0 Å². The van der Waals surface area contributed by atoms with Crippen molar-refractivity contribution in [3.63, 3.8) is 0 Å². The van der Waals surface area contributed by atoms with E-state index in [1.54, 1.807) is 20.9 Å². The van der Waals surface area contributed by atoms with Gasteiger partial charge in [0.05, 0.1) is 11.6 Å². The van der Waals surface area contributed by atoms with Gasteiger partial charge in [0.2, 0.25) is 0 Å². The van der Waals surface area contributed by atoms with Gasteiger partial charge in [0.25, 0.3) is 0 Å². The number of rotatable bonds is 3. The molecule has 0 aliphatic heterocycles. The number of hydrogen-bond donors (Lipinski definition) is 1. The fourth-order valence-corrected chi connectivity index (χ4v) is 1.58. The molecule has 15 heavy (non-hydrogen) atoms. The van der Waals surface area contributed by atoms with Gasteiger partial charge < -0.3 is 5.32 Å². The van der Waals surface area contributed by atoms with Gasteiger partial charge in [-0.2, -0.15) is 0 Å². The molecule has 1 atom stereocenters. The minimum atomic E-state index is -0.431. The first-order valence-corrected chi connectivity index (χ1v) is 4.95. The van der Waals surface area contributed by atoms with E-state index >= 15 is 0 Å². The molecule has 0 bridgehead atoms. The summed E-state index contributed by atoms with van der Waals surface area (Å²) in [5.41, 5.74) is 1.72. The van der Waals surface area contributed by atoms with E-state index < -0.39 is 5.82 Å². The molecule has 1 unspecified atom stereocenters. The number of hydrogen-bond acceptors (Lipinski definition) is 2. The maximum Gasteiger partial charge on any atom is 0.182 e. The number of Topliss-reactive ketones (excluding diaryl/α,β-unsaturated/α-hetero) is 1. The van der Waals surface area contributed by atoms with Crippen molar-refractivity contribution in [1.29, 1.82) is 0 Å². The Kier molecular flexibility index (Phi) is 3.58. The number of nitrogens with one attached hydrogen (secondary N) is 1. The summed E-state index contributed by atoms with van der Waals surface area (Å²) in [7, 11) is 1.68. The monoisotopic (exact) mass is 209 g/mol. The van der Waals surface area contributed by atoms with Crippen LogP contribution in [0.25, 0.3) is 0 Å². The van der Waals surface area contributed by atoms with Gasteiger partial charge in [0.15, 0.2) is 5.78 Å². The molecule has 0 saturated carbocycles. The van der Waals surface area contributed by atoms with Gasteiger partial charge in [-0.05, 0) is 45.0 Å². The zero-order valence-electron chi connectivity index (χ0n) is 9.52. The first-order chi connectivity index (χ1) is 6.97. The second kappa shape index (κ2) is 4.53. The van der Waals surface area contributed by atoms with E-state index in [9.17, 15) is 9.18 Å². The average Bonchev–Trinajstić information content (AvgIpc) is 2.14. The SMILES string of the molecule is CNC(C)C(=O)c1c(C)cc(C)cc1F. The lowest BCUT2D eigenvalue weighted by atomic mass is 9.98. The molecule has 0 radical (unpaired) electrons. The molecule has 1 aromatic rings. The minimum absolute atomic E-state index is 0.197. The molecule has 0 aromatic heterocycles. The number of halogens is 1. The number of carbonyl (C=O) groups is 1. The van der Waals surface area contributed by atoms with Crippen LogP contribution < -0.4 is 5.32 Å². The second-order valence-corrected chi connectivity index (χ2v) is 3.81. The summed E-state index contributed by atoms with van der Waals surface area (Å²) in [5, 5.41) is 2.82. The molecule has 0 spiro atoms. The largest absolute Gasteiger partial charge is 0.310 e. The van der Waals surface area contributed by atoms with Gasteiger partial charge in [-0.3, -0.25) is 4.79 Å². The molecule has 0 saturated heterocycles. The maximum atomic E-state index is 13.6. The van der Waals surface area contributed by atoms with Crippen LogP contribution in [-0.2, 0) is 0 Å². The predicted octanol–water partition coefficient (Wildman–Crippen LogP) is 2.23. The van der Waals surface area contributed by atoms with Crippen molar-refractivity contribution in [1.82, 2.24) is 5.32 Å². The Morgan fingerprint density at radius 3 is 2.47 bits per heavy atom. The van der Waals surface area contributed by atoms with Crippen LogP contribution in [0.5, 0.6) is 0 Å². The van der Waals surface area contributed by atoms with Crippen molar-refractivity contribution in [2.45, 2.75) is 26.8 Å². The highest BCUT2D eigenvalue weighted by Crippen LogP contribution is 2.17. The molecule has 1 N–H and O–H groups in total. The molecule has 3 heteroatoms. The summed E-state index contributed by atoms with van der Waals surface area (Å²) in [6.07, 6.45) is 0. The van der Waals surface area contributed by atoms with Gasteiger partial charge in [-0.25, -0.2) is 4.39 Å². The van der Waals surface area contributed by atoms with Gasteiger partial charge in [-0.15, -0.1) is 0 Å². The highest BCUT2D eigenvalue weighted by molar-refractivity contribution is 6.01. The van der Waals surface area contributed by atoms with E-state index in [-0.39, 0.29) is 17.4 Å². The van der Waals surface area contributed by atoms with Crippen LogP contribution in [0.2, 0.25) is 0 Å². The molecular formula is C12H16FNO. The predicted molar refractivity (Wildman–Crippen MR) is 58.7 cm³/mol. The summed E-state index contributed by atoms with van der Waals surface area (Å²) in [4.78, 5) is 11.8. The molecule has 0 amide bonds. The molecule has 0 aliphatic carbocycles. The standard InChI is InChI=1S/C12H16FNO/c1-7-5-8(2)11(10(13)6-7)12(15)9(3)14-4/h5-6,9,14H,1-4H3. The van der Waals surface area contributed by atoms with Crippen LogP contribution in [0.4, 0.5) is 4.39 Å². The lowest BCUT2D eigenvalue weighted by molar-refractivity contribution is 0.0950. The first-order valence-electron chi connectivity index (χ1n) is 4.95. The highest BCUT2D eigenvalue weighted by Gasteiger charge is 2.19. The molecular weight excluding hydrogens is 193 g/mol. The third-order valence-electron chi connectivity index (χ3n) is 2.50. The van der Waals surface area contributed by atoms with Gasteiger partial charge in [0.1, 0.15) is 5.82 Å². The number of likely N-dealkylation sites (N-methyl/N-ethyl adjacent to an activating group) is 1. The zero-order chi connectivity index (χ0) is 11.6. The van der Waals surface area contributed by atoms with Crippen LogP contribution in [-0.4, -0.2) is 18.9 Å². The summed E-state index contributed by atoms with van der Waals surface area (Å²) in [6.45, 7) is 5.29. The van der Waals surface area contributed by atoms with Crippen LogP contribution in [0.3, 0.4) is 0 Å². The third-order valence-corrected chi connectivity index (χ3v) is 2.50. The van der Waals surface area contributed by atoms with Crippen molar-refractivity contribution in [3.05, 3.63) is 34.6 Å². The Balaban J connectivity index is 3.20. The molecule has 2 nitrogen and oxygen atoms in total. The Hall–Kier alpha value is -1.22. The quantitative estimate of drug-likeness (QED) is 0.773. The average molecular weight is 209 g/mol.